The first-order valence-corrected chi connectivity index (χ1v) is 9.49. The summed E-state index contributed by atoms with van der Waals surface area (Å²) in [5, 5.41) is 2.95. The van der Waals surface area contributed by atoms with Gasteiger partial charge in [-0.3, -0.25) is 4.79 Å². The van der Waals surface area contributed by atoms with Crippen LogP contribution >= 0.6 is 0 Å². The van der Waals surface area contributed by atoms with E-state index in [-0.39, 0.29) is 11.3 Å². The van der Waals surface area contributed by atoms with Gasteiger partial charge in [-0.1, -0.05) is 30.3 Å². The van der Waals surface area contributed by atoms with Crippen LogP contribution in [0.4, 0.5) is 0 Å². The topological polar surface area (TPSA) is 55.4 Å². The average Bonchev–Trinajstić information content (AvgIpc) is 2.58. The molecule has 4 fully saturated rings. The fourth-order valence-electron chi connectivity index (χ4n) is 6.10. The summed E-state index contributed by atoms with van der Waals surface area (Å²) in [5.74, 6) is 2.05. The molecule has 0 aromatic heterocycles. The number of hydrogen-bond acceptors (Lipinski definition) is 3. The summed E-state index contributed by atoms with van der Waals surface area (Å²) in [6, 6.07) is 8.63. The molecule has 1 unspecified atom stereocenters. The summed E-state index contributed by atoms with van der Waals surface area (Å²) >= 11 is 0. The molecule has 0 radical (unpaired) electrons. The highest BCUT2D eigenvalue weighted by Gasteiger charge is 2.51. The molecule has 5 rings (SSSR count). The molecule has 0 saturated heterocycles. The highest BCUT2D eigenvalue weighted by Crippen LogP contribution is 2.61. The Bertz CT molecular complexity index is 619. The van der Waals surface area contributed by atoms with Gasteiger partial charge in [0.05, 0.1) is 7.11 Å². The number of esters is 1. The predicted molar refractivity (Wildman–Crippen MR) is 94.6 cm³/mol. The molecule has 4 bridgehead atoms. The molecule has 4 heteroatoms. The lowest BCUT2D eigenvalue weighted by Crippen LogP contribution is -2.48. The molecular weight excluding hydrogens is 314 g/mol. The zero-order valence-electron chi connectivity index (χ0n) is 14.9. The molecule has 0 aliphatic heterocycles. The van der Waals surface area contributed by atoms with E-state index in [2.05, 4.69) is 5.32 Å². The van der Waals surface area contributed by atoms with Crippen molar-refractivity contribution in [2.24, 2.45) is 23.2 Å². The van der Waals surface area contributed by atoms with E-state index in [1.807, 2.05) is 30.3 Å². The lowest BCUT2D eigenvalue weighted by Gasteiger charge is -2.56. The van der Waals surface area contributed by atoms with Crippen LogP contribution in [-0.2, 0) is 14.3 Å². The van der Waals surface area contributed by atoms with Crippen molar-refractivity contribution in [1.82, 2.24) is 5.32 Å². The maximum absolute atomic E-state index is 12.8. The Morgan fingerprint density at radius 2 is 1.64 bits per heavy atom. The quantitative estimate of drug-likeness (QED) is 0.832. The lowest BCUT2D eigenvalue weighted by molar-refractivity contribution is -0.146. The van der Waals surface area contributed by atoms with E-state index in [0.717, 1.165) is 23.3 Å². The zero-order valence-corrected chi connectivity index (χ0v) is 14.9. The van der Waals surface area contributed by atoms with Crippen LogP contribution in [0.3, 0.4) is 0 Å². The van der Waals surface area contributed by atoms with E-state index in [1.54, 1.807) is 0 Å². The zero-order chi connectivity index (χ0) is 17.4. The van der Waals surface area contributed by atoms with Crippen LogP contribution < -0.4 is 5.32 Å². The van der Waals surface area contributed by atoms with Crippen LogP contribution in [0.5, 0.6) is 0 Å². The molecule has 4 nitrogen and oxygen atoms in total. The number of benzene rings is 1. The number of carbonyl (C=O) groups is 2. The summed E-state index contributed by atoms with van der Waals surface area (Å²) in [4.78, 5) is 25.0. The third-order valence-electron chi connectivity index (χ3n) is 6.58. The lowest BCUT2D eigenvalue weighted by atomic mass is 9.49. The minimum Gasteiger partial charge on any atom is -0.467 e. The van der Waals surface area contributed by atoms with Gasteiger partial charge >= 0.3 is 5.97 Å². The summed E-state index contributed by atoms with van der Waals surface area (Å²) in [6.45, 7) is 0. The summed E-state index contributed by atoms with van der Waals surface area (Å²) in [5.41, 5.74) is 0.948. The Hall–Kier alpha value is -1.84. The molecule has 4 aliphatic rings. The smallest absolute Gasteiger partial charge is 0.333 e. The Morgan fingerprint density at radius 1 is 1.08 bits per heavy atom. The SMILES string of the molecule is COC(=O)C(NC(=O)CC12CC3CC(CC(C3)C1)C2)c1ccccc1. The summed E-state index contributed by atoms with van der Waals surface area (Å²) in [6.07, 6.45) is 8.25. The number of nitrogens with one attached hydrogen (secondary N) is 1. The van der Waals surface area contributed by atoms with Crippen molar-refractivity contribution in [3.05, 3.63) is 35.9 Å². The van der Waals surface area contributed by atoms with Gasteiger partial charge in [0.15, 0.2) is 6.04 Å². The fourth-order valence-corrected chi connectivity index (χ4v) is 6.10. The average molecular weight is 341 g/mol. The number of rotatable bonds is 5. The summed E-state index contributed by atoms with van der Waals surface area (Å²) < 4.78 is 4.91. The van der Waals surface area contributed by atoms with Gasteiger partial charge in [0, 0.05) is 6.42 Å². The number of hydrogen-bond donors (Lipinski definition) is 1. The molecule has 1 aromatic rings. The first-order chi connectivity index (χ1) is 12.1. The van der Waals surface area contributed by atoms with Gasteiger partial charge in [-0.25, -0.2) is 4.79 Å². The van der Waals surface area contributed by atoms with Gasteiger partial charge in [0.1, 0.15) is 0 Å². The highest BCUT2D eigenvalue weighted by molar-refractivity contribution is 5.85. The van der Waals surface area contributed by atoms with Crippen molar-refractivity contribution in [2.75, 3.05) is 7.11 Å². The molecule has 1 N–H and O–H groups in total. The van der Waals surface area contributed by atoms with Crippen LogP contribution in [0.2, 0.25) is 0 Å². The number of amides is 1. The summed E-state index contributed by atoms with van der Waals surface area (Å²) in [7, 11) is 1.36. The third-order valence-corrected chi connectivity index (χ3v) is 6.58. The Balaban J connectivity index is 1.46. The standard InChI is InChI=1S/C21H27NO3/c1-25-20(24)19(17-5-3-2-4-6-17)22-18(23)13-21-10-14-7-15(11-21)9-16(8-14)12-21/h2-6,14-16,19H,7-13H2,1H3,(H,22,23). The van der Waals surface area contributed by atoms with E-state index >= 15 is 0 Å². The predicted octanol–water partition coefficient (Wildman–Crippen LogP) is 3.62. The molecule has 4 saturated carbocycles. The van der Waals surface area contributed by atoms with Gasteiger partial charge < -0.3 is 10.1 Å². The molecule has 0 spiro atoms. The molecule has 0 heterocycles. The molecule has 4 aliphatic carbocycles. The second-order valence-electron chi connectivity index (χ2n) is 8.53. The molecule has 1 amide bonds. The number of carbonyl (C=O) groups excluding carboxylic acids is 2. The van der Waals surface area contributed by atoms with Crippen molar-refractivity contribution in [1.29, 1.82) is 0 Å². The van der Waals surface area contributed by atoms with Gasteiger partial charge in [-0.2, -0.15) is 0 Å². The maximum atomic E-state index is 12.8. The molecule has 25 heavy (non-hydrogen) atoms. The van der Waals surface area contributed by atoms with E-state index in [1.165, 1.54) is 45.6 Å². The van der Waals surface area contributed by atoms with Gasteiger partial charge in [-0.05, 0) is 67.3 Å². The van der Waals surface area contributed by atoms with Crippen LogP contribution in [-0.4, -0.2) is 19.0 Å². The first-order valence-electron chi connectivity index (χ1n) is 9.49. The monoisotopic (exact) mass is 341 g/mol. The number of ether oxygens (including phenoxy) is 1. The van der Waals surface area contributed by atoms with Crippen molar-refractivity contribution < 1.29 is 14.3 Å². The Labute approximate surface area is 149 Å². The Morgan fingerprint density at radius 3 is 2.16 bits per heavy atom. The first kappa shape index (κ1) is 16.6. The van der Waals surface area contributed by atoms with E-state index in [9.17, 15) is 9.59 Å². The van der Waals surface area contributed by atoms with E-state index in [0.29, 0.717) is 6.42 Å². The minimum atomic E-state index is -0.715. The molecule has 1 atom stereocenters. The van der Waals surface area contributed by atoms with Crippen LogP contribution in [0.15, 0.2) is 30.3 Å². The van der Waals surface area contributed by atoms with Crippen LogP contribution in [0.1, 0.15) is 56.6 Å². The number of methoxy groups -OCH3 is 1. The van der Waals surface area contributed by atoms with Crippen molar-refractivity contribution >= 4 is 11.9 Å². The molecule has 134 valence electrons. The van der Waals surface area contributed by atoms with Crippen molar-refractivity contribution in [2.45, 2.75) is 51.0 Å². The largest absolute Gasteiger partial charge is 0.467 e. The van der Waals surface area contributed by atoms with Gasteiger partial charge in [0.2, 0.25) is 5.91 Å². The Kier molecular flexibility index (Phi) is 4.30. The minimum absolute atomic E-state index is 0.0128. The highest BCUT2D eigenvalue weighted by atomic mass is 16.5. The van der Waals surface area contributed by atoms with E-state index in [4.69, 9.17) is 4.74 Å². The van der Waals surface area contributed by atoms with E-state index < -0.39 is 12.0 Å². The second kappa shape index (κ2) is 6.47. The van der Waals surface area contributed by atoms with Crippen molar-refractivity contribution in [3.8, 4) is 0 Å². The second-order valence-corrected chi connectivity index (χ2v) is 8.53. The van der Waals surface area contributed by atoms with Crippen LogP contribution in [0.25, 0.3) is 0 Å². The van der Waals surface area contributed by atoms with Crippen LogP contribution in [0, 0.1) is 23.2 Å². The fraction of sp³-hybridized carbons (Fsp3) is 0.619. The molecule has 1 aromatic carbocycles. The maximum Gasteiger partial charge on any atom is 0.333 e. The van der Waals surface area contributed by atoms with Gasteiger partial charge in [0.25, 0.3) is 0 Å². The van der Waals surface area contributed by atoms with Gasteiger partial charge in [-0.15, -0.1) is 0 Å². The normalized spacial score (nSPS) is 33.7. The van der Waals surface area contributed by atoms with Crippen molar-refractivity contribution in [3.63, 3.8) is 0 Å². The third kappa shape index (κ3) is 3.31. The molecular formula is C21H27NO3.